The standard InChI is InChI=1S/C13H16N2O3/c1-18-11(8-4-5-8)12-14-6-9(13(16)17)10(15-12)7-2-3-7/h6-8,11H,2-5H2,1H3,(H,16,17). The smallest absolute Gasteiger partial charge is 0.339 e. The Balaban J connectivity index is 1.96. The zero-order chi connectivity index (χ0) is 12.7. The highest BCUT2D eigenvalue weighted by Gasteiger charge is 2.36. The lowest BCUT2D eigenvalue weighted by Crippen LogP contribution is -2.13. The van der Waals surface area contributed by atoms with E-state index >= 15 is 0 Å². The highest BCUT2D eigenvalue weighted by atomic mass is 16.5. The van der Waals surface area contributed by atoms with Gasteiger partial charge < -0.3 is 9.84 Å². The Morgan fingerprint density at radius 1 is 1.44 bits per heavy atom. The van der Waals surface area contributed by atoms with Crippen LogP contribution in [0.3, 0.4) is 0 Å². The third-order valence-corrected chi connectivity index (χ3v) is 3.59. The number of hydrogen-bond donors (Lipinski definition) is 1. The molecule has 1 aromatic heterocycles. The molecule has 96 valence electrons. The molecular formula is C13H16N2O3. The van der Waals surface area contributed by atoms with Crippen LogP contribution in [0.1, 0.15) is 59.6 Å². The number of carboxylic acids is 1. The molecule has 2 aliphatic rings. The van der Waals surface area contributed by atoms with Gasteiger partial charge in [-0.05, 0) is 31.6 Å². The molecular weight excluding hydrogens is 232 g/mol. The maximum Gasteiger partial charge on any atom is 0.339 e. The maximum absolute atomic E-state index is 11.1. The summed E-state index contributed by atoms with van der Waals surface area (Å²) < 4.78 is 5.44. The zero-order valence-corrected chi connectivity index (χ0v) is 10.3. The van der Waals surface area contributed by atoms with E-state index in [1.54, 1.807) is 7.11 Å². The minimum atomic E-state index is -0.941. The predicted octanol–water partition coefficient (Wildman–Crippen LogP) is 2.15. The molecule has 1 unspecified atom stereocenters. The van der Waals surface area contributed by atoms with Crippen molar-refractivity contribution in [3.8, 4) is 0 Å². The van der Waals surface area contributed by atoms with E-state index in [-0.39, 0.29) is 11.7 Å². The van der Waals surface area contributed by atoms with E-state index in [0.717, 1.165) is 25.7 Å². The van der Waals surface area contributed by atoms with Crippen LogP contribution in [0, 0.1) is 5.92 Å². The van der Waals surface area contributed by atoms with Crippen molar-refractivity contribution in [3.63, 3.8) is 0 Å². The molecule has 5 nitrogen and oxygen atoms in total. The van der Waals surface area contributed by atoms with Crippen molar-refractivity contribution in [1.82, 2.24) is 9.97 Å². The van der Waals surface area contributed by atoms with E-state index in [1.165, 1.54) is 6.20 Å². The molecule has 5 heteroatoms. The fraction of sp³-hybridized carbons (Fsp3) is 0.615. The van der Waals surface area contributed by atoms with Crippen molar-refractivity contribution in [2.45, 2.75) is 37.7 Å². The third kappa shape index (κ3) is 2.10. The fourth-order valence-electron chi connectivity index (χ4n) is 2.29. The average molecular weight is 248 g/mol. The lowest BCUT2D eigenvalue weighted by Gasteiger charge is -2.14. The molecule has 3 rings (SSSR count). The van der Waals surface area contributed by atoms with Crippen molar-refractivity contribution in [3.05, 3.63) is 23.3 Å². The maximum atomic E-state index is 11.1. The predicted molar refractivity (Wildman–Crippen MR) is 63.4 cm³/mol. The molecule has 0 bridgehead atoms. The molecule has 1 heterocycles. The molecule has 1 N–H and O–H groups in total. The molecule has 18 heavy (non-hydrogen) atoms. The summed E-state index contributed by atoms with van der Waals surface area (Å²) in [5, 5.41) is 9.14. The summed E-state index contributed by atoms with van der Waals surface area (Å²) in [6.45, 7) is 0. The Morgan fingerprint density at radius 2 is 2.17 bits per heavy atom. The first-order valence-electron chi connectivity index (χ1n) is 6.33. The molecule has 1 aromatic rings. The van der Waals surface area contributed by atoms with Gasteiger partial charge in [-0.15, -0.1) is 0 Å². The third-order valence-electron chi connectivity index (χ3n) is 3.59. The first kappa shape index (κ1) is 11.6. The molecule has 0 amide bonds. The lowest BCUT2D eigenvalue weighted by atomic mass is 10.1. The largest absolute Gasteiger partial charge is 0.478 e. The van der Waals surface area contributed by atoms with Gasteiger partial charge in [-0.1, -0.05) is 0 Å². The van der Waals surface area contributed by atoms with Crippen molar-refractivity contribution in [2.24, 2.45) is 5.92 Å². The number of rotatable bonds is 5. The molecule has 2 fully saturated rings. The minimum absolute atomic E-state index is 0.0784. The monoisotopic (exact) mass is 248 g/mol. The Kier molecular flexibility index (Phi) is 2.78. The van der Waals surface area contributed by atoms with Gasteiger partial charge in [0.25, 0.3) is 0 Å². The Labute approximate surface area is 105 Å². The van der Waals surface area contributed by atoms with Crippen molar-refractivity contribution in [2.75, 3.05) is 7.11 Å². The van der Waals surface area contributed by atoms with Crippen LogP contribution in [0.5, 0.6) is 0 Å². The van der Waals surface area contributed by atoms with Gasteiger partial charge in [0.05, 0.1) is 11.3 Å². The van der Waals surface area contributed by atoms with E-state index in [2.05, 4.69) is 9.97 Å². The van der Waals surface area contributed by atoms with E-state index in [9.17, 15) is 4.79 Å². The van der Waals surface area contributed by atoms with Gasteiger partial charge in [-0.3, -0.25) is 0 Å². The van der Waals surface area contributed by atoms with Crippen LogP contribution in [0.25, 0.3) is 0 Å². The summed E-state index contributed by atoms with van der Waals surface area (Å²) in [5.41, 5.74) is 0.933. The SMILES string of the molecule is COC(c1ncc(C(=O)O)c(C2CC2)n1)C1CC1. The summed E-state index contributed by atoms with van der Waals surface area (Å²) >= 11 is 0. The van der Waals surface area contributed by atoms with Crippen molar-refractivity contribution < 1.29 is 14.6 Å². The number of methoxy groups -OCH3 is 1. The average Bonchev–Trinajstić information content (AvgIpc) is 3.22. The minimum Gasteiger partial charge on any atom is -0.478 e. The molecule has 1 atom stereocenters. The van der Waals surface area contributed by atoms with Crippen molar-refractivity contribution in [1.29, 1.82) is 0 Å². The number of hydrogen-bond acceptors (Lipinski definition) is 4. The second kappa shape index (κ2) is 4.31. The Bertz CT molecular complexity index is 481. The van der Waals surface area contributed by atoms with Gasteiger partial charge in [-0.2, -0.15) is 0 Å². The zero-order valence-electron chi connectivity index (χ0n) is 10.3. The highest BCUT2D eigenvalue weighted by molar-refractivity contribution is 5.88. The summed E-state index contributed by atoms with van der Waals surface area (Å²) in [6, 6.07) is 0. The Hall–Kier alpha value is -1.49. The van der Waals surface area contributed by atoms with Crippen LogP contribution in [0.2, 0.25) is 0 Å². The number of carboxylic acid groups (broad SMARTS) is 1. The topological polar surface area (TPSA) is 72.3 Å². The summed E-state index contributed by atoms with van der Waals surface area (Å²) in [6.07, 6.45) is 5.69. The van der Waals surface area contributed by atoms with Crippen LogP contribution in [0.4, 0.5) is 0 Å². The number of carbonyl (C=O) groups is 1. The van der Waals surface area contributed by atoms with Crippen LogP contribution in [-0.2, 0) is 4.74 Å². The number of nitrogens with zero attached hydrogens (tertiary/aromatic N) is 2. The van der Waals surface area contributed by atoms with Gasteiger partial charge >= 0.3 is 5.97 Å². The van der Waals surface area contributed by atoms with Crippen LogP contribution in [0.15, 0.2) is 6.20 Å². The summed E-state index contributed by atoms with van der Waals surface area (Å²) in [5.74, 6) is 0.503. The number of aromatic carboxylic acids is 1. The number of aromatic nitrogens is 2. The molecule has 2 saturated carbocycles. The molecule has 0 aromatic carbocycles. The molecule has 0 aliphatic heterocycles. The fourth-order valence-corrected chi connectivity index (χ4v) is 2.29. The van der Waals surface area contributed by atoms with E-state index in [1.807, 2.05) is 0 Å². The normalized spacial score (nSPS) is 20.7. The summed E-state index contributed by atoms with van der Waals surface area (Å²) in [4.78, 5) is 19.8. The quantitative estimate of drug-likeness (QED) is 0.864. The highest BCUT2D eigenvalue weighted by Crippen LogP contribution is 2.44. The first-order valence-corrected chi connectivity index (χ1v) is 6.33. The van der Waals surface area contributed by atoms with Crippen LogP contribution >= 0.6 is 0 Å². The number of ether oxygens (including phenoxy) is 1. The second-order valence-corrected chi connectivity index (χ2v) is 5.10. The van der Waals surface area contributed by atoms with Gasteiger partial charge in [0, 0.05) is 19.2 Å². The lowest BCUT2D eigenvalue weighted by molar-refractivity contribution is 0.0688. The van der Waals surface area contributed by atoms with Gasteiger partial charge in [0.15, 0.2) is 5.82 Å². The van der Waals surface area contributed by atoms with Crippen LogP contribution in [-0.4, -0.2) is 28.2 Å². The second-order valence-electron chi connectivity index (χ2n) is 5.10. The van der Waals surface area contributed by atoms with E-state index in [0.29, 0.717) is 23.4 Å². The summed E-state index contributed by atoms with van der Waals surface area (Å²) in [7, 11) is 1.66. The van der Waals surface area contributed by atoms with E-state index in [4.69, 9.17) is 9.84 Å². The first-order chi connectivity index (χ1) is 8.70. The Morgan fingerprint density at radius 3 is 2.67 bits per heavy atom. The van der Waals surface area contributed by atoms with E-state index < -0.39 is 5.97 Å². The van der Waals surface area contributed by atoms with Crippen LogP contribution < -0.4 is 0 Å². The molecule has 0 radical (unpaired) electrons. The van der Waals surface area contributed by atoms with Crippen molar-refractivity contribution >= 4 is 5.97 Å². The van der Waals surface area contributed by atoms with Gasteiger partial charge in [0.2, 0.25) is 0 Å². The molecule has 2 aliphatic carbocycles. The van der Waals surface area contributed by atoms with Gasteiger partial charge in [0.1, 0.15) is 6.10 Å². The molecule has 0 saturated heterocycles. The molecule has 0 spiro atoms. The van der Waals surface area contributed by atoms with Gasteiger partial charge in [-0.25, -0.2) is 14.8 Å².